The van der Waals surface area contributed by atoms with Crippen molar-refractivity contribution in [2.45, 2.75) is 115 Å². The zero-order chi connectivity index (χ0) is 52.2. The average molecular weight is 1040 g/mol. The number of amides is 2. The number of halogens is 4. The fourth-order valence-corrected chi connectivity index (χ4v) is 13.0. The van der Waals surface area contributed by atoms with Gasteiger partial charge in [-0.05, 0) is 149 Å². The molecule has 2 saturated carbocycles. The monoisotopic (exact) mass is 1040 g/mol. The molecule has 0 bridgehead atoms. The van der Waals surface area contributed by atoms with Crippen LogP contribution in [0.3, 0.4) is 0 Å². The van der Waals surface area contributed by atoms with Crippen molar-refractivity contribution in [3.05, 3.63) is 77.0 Å². The van der Waals surface area contributed by atoms with Crippen molar-refractivity contribution in [1.82, 2.24) is 30.1 Å². The molecule has 4 aliphatic heterocycles. The lowest BCUT2D eigenvalue weighted by Gasteiger charge is -2.49. The van der Waals surface area contributed by atoms with Gasteiger partial charge in [0.15, 0.2) is 12.6 Å². The molecule has 2 N–H and O–H groups in total. The number of aromatic nitrogens is 3. The molecule has 2 atom stereocenters. The van der Waals surface area contributed by atoms with E-state index in [0.29, 0.717) is 102 Å². The first-order valence-corrected chi connectivity index (χ1v) is 27.0. The van der Waals surface area contributed by atoms with Crippen LogP contribution in [-0.2, 0) is 20.7 Å². The number of aryl methyl sites for hydroxylation is 1. The van der Waals surface area contributed by atoms with Gasteiger partial charge in [0.1, 0.15) is 40.2 Å². The molecule has 400 valence electrons. The number of rotatable bonds is 14. The molecule has 6 heterocycles. The van der Waals surface area contributed by atoms with Gasteiger partial charge < -0.3 is 34.0 Å². The lowest BCUT2D eigenvalue weighted by atomic mass is 9.66. The van der Waals surface area contributed by atoms with Gasteiger partial charge in [-0.3, -0.25) is 24.8 Å². The molecule has 11 rings (SSSR count). The summed E-state index contributed by atoms with van der Waals surface area (Å²) in [5.41, 5.74) is 0.326. The van der Waals surface area contributed by atoms with E-state index in [9.17, 15) is 14.7 Å². The number of fused-ring (bicyclic) bond motifs is 2. The van der Waals surface area contributed by atoms with Crippen LogP contribution in [0.1, 0.15) is 108 Å². The largest absolute Gasteiger partial charge is 0.468 e. The van der Waals surface area contributed by atoms with Crippen LogP contribution in [0.4, 0.5) is 29.1 Å². The highest BCUT2D eigenvalue weighted by molar-refractivity contribution is 6.02. The van der Waals surface area contributed by atoms with Crippen LogP contribution in [0.2, 0.25) is 0 Å². The lowest BCUT2D eigenvalue weighted by molar-refractivity contribution is -0.134. The molecule has 75 heavy (non-hydrogen) atoms. The van der Waals surface area contributed by atoms with Crippen molar-refractivity contribution in [1.29, 1.82) is 0 Å². The molecule has 5 aromatic rings. The van der Waals surface area contributed by atoms with E-state index in [1.54, 1.807) is 31.3 Å². The van der Waals surface area contributed by atoms with Crippen molar-refractivity contribution < 1.29 is 46.5 Å². The number of piperazine rings is 1. The first-order valence-electron chi connectivity index (χ1n) is 27.0. The van der Waals surface area contributed by atoms with E-state index < -0.39 is 46.6 Å². The van der Waals surface area contributed by atoms with Crippen LogP contribution in [0.15, 0.2) is 42.6 Å². The molecular weight excluding hydrogens is 969 g/mol. The Morgan fingerprint density at radius 3 is 2.25 bits per heavy atom. The Morgan fingerprint density at radius 2 is 1.57 bits per heavy atom. The molecule has 1 spiro atoms. The summed E-state index contributed by atoms with van der Waals surface area (Å²) in [6.07, 6.45) is 12.4. The van der Waals surface area contributed by atoms with Gasteiger partial charge in [0.05, 0.1) is 23.5 Å². The Labute approximate surface area is 435 Å². The molecular formula is C57H68F4N8O6. The van der Waals surface area contributed by atoms with E-state index in [4.69, 9.17) is 24.2 Å². The number of methoxy groups -OCH3 is 1. The Kier molecular flexibility index (Phi) is 14.2. The maximum Gasteiger partial charge on any atom is 0.319 e. The summed E-state index contributed by atoms with van der Waals surface area (Å²) in [4.78, 5) is 47.5. The standard InChI is InChI=1S/C57H68F4N8O6/c1-4-39-43(58)8-6-35-26-38(75-34-73-3)29-41(47(35)39)50-49(61)51-42(30-62-50)52(69-19-5-12-55(2,72)31-69)65-54(64-51)74-33-57(15-16-57)32-66-20-17-56(18-21-66)13-10-36(11-14-56)67-22-24-68(25-23-67)37-27-44(59)48(45(60)28-37)40-7-9-46(70)63-53(40)71/h6,8,26-30,36,40,72H,4-5,7,9-25,31-34H2,1-3H3,(H,63,70,71)/t40?,55-/m1/s1. The van der Waals surface area contributed by atoms with Gasteiger partial charge in [-0.25, -0.2) is 17.6 Å². The van der Waals surface area contributed by atoms with Crippen molar-refractivity contribution >= 4 is 45.0 Å². The fraction of sp³-hybridized carbons (Fsp3) is 0.561. The lowest BCUT2D eigenvalue weighted by Crippen LogP contribution is -2.52. The molecule has 6 fully saturated rings. The summed E-state index contributed by atoms with van der Waals surface area (Å²) < 4.78 is 81.1. The van der Waals surface area contributed by atoms with Gasteiger partial charge >= 0.3 is 6.01 Å². The molecule has 6 aliphatic rings. The molecule has 2 aliphatic carbocycles. The average Bonchev–Trinajstić information content (AvgIpc) is 4.18. The van der Waals surface area contributed by atoms with Crippen LogP contribution in [0, 0.1) is 34.1 Å². The fourth-order valence-electron chi connectivity index (χ4n) is 13.0. The van der Waals surface area contributed by atoms with Gasteiger partial charge in [-0.2, -0.15) is 9.97 Å². The van der Waals surface area contributed by atoms with Crippen molar-refractivity contribution in [2.75, 3.05) is 89.2 Å². The number of nitrogens with one attached hydrogen (secondary N) is 1. The number of anilines is 2. The molecule has 0 radical (unpaired) electrons. The number of hydrogen-bond donors (Lipinski definition) is 2. The number of carbonyl (C=O) groups is 2. The zero-order valence-electron chi connectivity index (χ0n) is 43.3. The van der Waals surface area contributed by atoms with E-state index in [1.807, 2.05) is 16.7 Å². The number of β-amino-alcohol motifs (C(OH)–C–C–N with tert-alkyl or cyclic N) is 1. The quantitative estimate of drug-likeness (QED) is 0.0622. The second kappa shape index (κ2) is 20.7. The van der Waals surface area contributed by atoms with Crippen LogP contribution in [0.25, 0.3) is 32.9 Å². The molecule has 4 saturated heterocycles. The second-order valence-electron chi connectivity index (χ2n) is 22.7. The third-order valence-electron chi connectivity index (χ3n) is 17.5. The highest BCUT2D eigenvalue weighted by Crippen LogP contribution is 2.50. The van der Waals surface area contributed by atoms with E-state index >= 15 is 17.6 Å². The molecule has 3 aromatic carbocycles. The van der Waals surface area contributed by atoms with Crippen LogP contribution < -0.4 is 24.6 Å². The number of benzene rings is 3. The van der Waals surface area contributed by atoms with E-state index in [2.05, 4.69) is 20.1 Å². The normalized spacial score (nSPS) is 23.5. The number of pyridine rings is 1. The zero-order valence-corrected chi connectivity index (χ0v) is 43.3. The number of piperidine rings is 3. The number of imide groups is 1. The smallest absolute Gasteiger partial charge is 0.319 e. The molecule has 14 nitrogen and oxygen atoms in total. The highest BCUT2D eigenvalue weighted by Gasteiger charge is 2.47. The van der Waals surface area contributed by atoms with Crippen LogP contribution in [-0.4, -0.2) is 133 Å². The predicted molar refractivity (Wildman–Crippen MR) is 277 cm³/mol. The Morgan fingerprint density at radius 1 is 0.827 bits per heavy atom. The van der Waals surface area contributed by atoms with Gasteiger partial charge in [0, 0.05) is 93.8 Å². The third-order valence-corrected chi connectivity index (χ3v) is 17.5. The van der Waals surface area contributed by atoms with E-state index in [0.717, 1.165) is 77.7 Å². The van der Waals surface area contributed by atoms with Crippen molar-refractivity contribution in [3.63, 3.8) is 0 Å². The SMILES string of the molecule is CCc1c(F)ccc2cc(OCOC)cc(-c3ncc4c(N5CCC[C@@](C)(O)C5)nc(OCC5(CN6CCC7(CCC(N8CCN(c9cc(F)c(C%10CCC(=O)NC%10=O)c(F)c9)CC8)CC7)CC6)CC5)nc4c3F)c12. The molecule has 2 amide bonds. The number of ether oxygens (including phenoxy) is 3. The highest BCUT2D eigenvalue weighted by atomic mass is 19.1. The summed E-state index contributed by atoms with van der Waals surface area (Å²) in [6.45, 7) is 10.8. The second-order valence-corrected chi connectivity index (χ2v) is 22.7. The van der Waals surface area contributed by atoms with Crippen molar-refractivity contribution in [2.24, 2.45) is 10.8 Å². The minimum absolute atomic E-state index is 0.00283. The van der Waals surface area contributed by atoms with E-state index in [1.165, 1.54) is 38.2 Å². The summed E-state index contributed by atoms with van der Waals surface area (Å²) >= 11 is 0. The topological polar surface area (TPSA) is 146 Å². The number of nitrogens with zero attached hydrogens (tertiary/aromatic N) is 7. The number of likely N-dealkylation sites (tertiary alicyclic amines) is 1. The Balaban J connectivity index is 0.734. The summed E-state index contributed by atoms with van der Waals surface area (Å²) in [5.74, 6) is -3.80. The number of aliphatic hydroxyl groups is 1. The van der Waals surface area contributed by atoms with Gasteiger partial charge in [0.25, 0.3) is 0 Å². The Bertz CT molecular complexity index is 2960. The maximum absolute atomic E-state index is 17.4. The minimum atomic E-state index is -1.01. The summed E-state index contributed by atoms with van der Waals surface area (Å²) in [6, 6.07) is 9.72. The molecule has 2 aromatic heterocycles. The Hall–Kier alpha value is -5.69. The first-order chi connectivity index (χ1) is 36.1. The van der Waals surface area contributed by atoms with Gasteiger partial charge in [0.2, 0.25) is 11.8 Å². The number of carbonyl (C=O) groups excluding carboxylic acids is 2. The summed E-state index contributed by atoms with van der Waals surface area (Å²) in [7, 11) is 1.51. The van der Waals surface area contributed by atoms with Gasteiger partial charge in [-0.1, -0.05) is 13.0 Å². The number of hydrogen-bond acceptors (Lipinski definition) is 13. The summed E-state index contributed by atoms with van der Waals surface area (Å²) in [5, 5.41) is 15.0. The van der Waals surface area contributed by atoms with Crippen LogP contribution >= 0.6 is 0 Å². The molecule has 18 heteroatoms. The molecule has 1 unspecified atom stereocenters. The van der Waals surface area contributed by atoms with Crippen molar-refractivity contribution in [3.8, 4) is 23.0 Å². The third kappa shape index (κ3) is 10.5. The van der Waals surface area contributed by atoms with Crippen LogP contribution in [0.5, 0.6) is 11.8 Å². The predicted octanol–water partition coefficient (Wildman–Crippen LogP) is 8.82. The van der Waals surface area contributed by atoms with Gasteiger partial charge in [-0.15, -0.1) is 0 Å². The van der Waals surface area contributed by atoms with E-state index in [-0.39, 0.29) is 47.8 Å². The minimum Gasteiger partial charge on any atom is -0.468 e. The first kappa shape index (κ1) is 51.4. The maximum atomic E-state index is 17.4.